The molecule has 0 radical (unpaired) electrons. The summed E-state index contributed by atoms with van der Waals surface area (Å²) >= 11 is 7.50. The molecule has 0 atom stereocenters. The molecule has 1 saturated carbocycles. The molecule has 0 spiro atoms. The van der Waals surface area contributed by atoms with Gasteiger partial charge < -0.3 is 4.90 Å². The van der Waals surface area contributed by atoms with Crippen LogP contribution in [0.4, 0.5) is 0 Å². The summed E-state index contributed by atoms with van der Waals surface area (Å²) in [5, 5.41) is 11.3. The van der Waals surface area contributed by atoms with Crippen molar-refractivity contribution in [2.24, 2.45) is 0 Å². The molecule has 1 heterocycles. The highest BCUT2D eigenvalue weighted by Gasteiger charge is 2.29. The van der Waals surface area contributed by atoms with Crippen LogP contribution in [0.2, 0.25) is 5.02 Å². The van der Waals surface area contributed by atoms with Crippen molar-refractivity contribution in [1.29, 1.82) is 5.26 Å². The molecule has 0 saturated heterocycles. The SMILES string of the molecule is Cc1csc(C(=O)N(CC#N)C2CCCC2)c1Cl. The van der Waals surface area contributed by atoms with Gasteiger partial charge in [0.05, 0.1) is 11.1 Å². The van der Waals surface area contributed by atoms with Gasteiger partial charge in [0.1, 0.15) is 11.4 Å². The van der Waals surface area contributed by atoms with Crippen LogP contribution in [0, 0.1) is 18.3 Å². The predicted molar refractivity (Wildman–Crippen MR) is 73.0 cm³/mol. The van der Waals surface area contributed by atoms with Gasteiger partial charge >= 0.3 is 0 Å². The number of hydrogen-bond acceptors (Lipinski definition) is 3. The minimum atomic E-state index is -0.0912. The van der Waals surface area contributed by atoms with Gasteiger partial charge in [-0.25, -0.2) is 0 Å². The predicted octanol–water partition coefficient (Wildman–Crippen LogP) is 3.62. The van der Waals surface area contributed by atoms with E-state index in [2.05, 4.69) is 6.07 Å². The van der Waals surface area contributed by atoms with Crippen LogP contribution in [0.25, 0.3) is 0 Å². The highest BCUT2D eigenvalue weighted by Crippen LogP contribution is 2.31. The molecule has 0 N–H and O–H groups in total. The van der Waals surface area contributed by atoms with Gasteiger partial charge in [-0.2, -0.15) is 5.26 Å². The molecule has 1 amide bonds. The topological polar surface area (TPSA) is 44.1 Å². The first-order valence-corrected chi connectivity index (χ1v) is 7.32. The van der Waals surface area contributed by atoms with Crippen LogP contribution in [0.5, 0.6) is 0 Å². The molecule has 0 aromatic carbocycles. The summed E-state index contributed by atoms with van der Waals surface area (Å²) in [6.45, 7) is 2.04. The fraction of sp³-hybridized carbons (Fsp3) is 0.538. The monoisotopic (exact) mass is 282 g/mol. The Balaban J connectivity index is 2.23. The third kappa shape index (κ3) is 2.52. The van der Waals surface area contributed by atoms with Gasteiger partial charge in [-0.05, 0) is 30.7 Å². The number of thiophene rings is 1. The Kier molecular flexibility index (Phi) is 4.26. The van der Waals surface area contributed by atoms with E-state index in [1.807, 2.05) is 12.3 Å². The summed E-state index contributed by atoms with van der Waals surface area (Å²) in [5.74, 6) is -0.0912. The minimum Gasteiger partial charge on any atom is -0.322 e. The molecule has 5 heteroatoms. The number of halogens is 1. The van der Waals surface area contributed by atoms with Crippen molar-refractivity contribution in [3.8, 4) is 6.07 Å². The van der Waals surface area contributed by atoms with Crippen LogP contribution in [-0.2, 0) is 0 Å². The van der Waals surface area contributed by atoms with E-state index >= 15 is 0 Å². The van der Waals surface area contributed by atoms with Crippen molar-refractivity contribution in [1.82, 2.24) is 4.90 Å². The number of carbonyl (C=O) groups excluding carboxylic acids is 1. The average molecular weight is 283 g/mol. The number of amides is 1. The Morgan fingerprint density at radius 3 is 2.78 bits per heavy atom. The van der Waals surface area contributed by atoms with Gasteiger partial charge in [0.25, 0.3) is 5.91 Å². The summed E-state index contributed by atoms with van der Waals surface area (Å²) in [5.41, 5.74) is 0.924. The van der Waals surface area contributed by atoms with Crippen molar-refractivity contribution in [2.45, 2.75) is 38.6 Å². The molecule has 96 valence electrons. The van der Waals surface area contributed by atoms with Crippen LogP contribution in [0.3, 0.4) is 0 Å². The van der Waals surface area contributed by atoms with Crippen molar-refractivity contribution >= 4 is 28.8 Å². The van der Waals surface area contributed by atoms with Crippen molar-refractivity contribution in [3.63, 3.8) is 0 Å². The van der Waals surface area contributed by atoms with Crippen LogP contribution < -0.4 is 0 Å². The Morgan fingerprint density at radius 2 is 2.28 bits per heavy atom. The molecular weight excluding hydrogens is 268 g/mol. The first-order chi connectivity index (χ1) is 8.65. The highest BCUT2D eigenvalue weighted by molar-refractivity contribution is 7.13. The van der Waals surface area contributed by atoms with E-state index in [1.165, 1.54) is 11.3 Å². The maximum atomic E-state index is 12.5. The Labute approximate surface area is 116 Å². The maximum Gasteiger partial charge on any atom is 0.266 e. The number of rotatable bonds is 3. The molecule has 0 aliphatic heterocycles. The Hall–Kier alpha value is -1.05. The lowest BCUT2D eigenvalue weighted by Gasteiger charge is -2.26. The molecule has 1 aromatic rings. The quantitative estimate of drug-likeness (QED) is 0.795. The second-order valence-corrected chi connectivity index (χ2v) is 5.85. The third-order valence-electron chi connectivity index (χ3n) is 3.36. The number of nitrogens with zero attached hydrogens (tertiary/aromatic N) is 2. The third-order valence-corrected chi connectivity index (χ3v) is 5.05. The van der Waals surface area contributed by atoms with Crippen LogP contribution >= 0.6 is 22.9 Å². The van der Waals surface area contributed by atoms with Gasteiger partial charge in [-0.15, -0.1) is 11.3 Å². The first kappa shape index (κ1) is 13.4. The normalized spacial score (nSPS) is 15.6. The fourth-order valence-electron chi connectivity index (χ4n) is 2.36. The molecule has 1 fully saturated rings. The zero-order chi connectivity index (χ0) is 13.1. The van der Waals surface area contributed by atoms with E-state index in [4.69, 9.17) is 16.9 Å². The number of hydrogen-bond donors (Lipinski definition) is 0. The van der Waals surface area contributed by atoms with Gasteiger partial charge in [0.2, 0.25) is 0 Å². The molecule has 1 aliphatic rings. The second kappa shape index (κ2) is 5.73. The second-order valence-electron chi connectivity index (χ2n) is 4.59. The lowest BCUT2D eigenvalue weighted by Crippen LogP contribution is -2.38. The summed E-state index contributed by atoms with van der Waals surface area (Å²) in [7, 11) is 0. The van der Waals surface area contributed by atoms with Gasteiger partial charge in [-0.1, -0.05) is 24.4 Å². The van der Waals surface area contributed by atoms with Gasteiger partial charge in [0.15, 0.2) is 0 Å². The lowest BCUT2D eigenvalue weighted by atomic mass is 10.2. The Bertz CT molecular complexity index is 486. The fourth-order valence-corrected chi connectivity index (χ4v) is 3.59. The maximum absolute atomic E-state index is 12.5. The number of nitriles is 1. The molecule has 2 rings (SSSR count). The molecule has 1 aromatic heterocycles. The average Bonchev–Trinajstić information content (AvgIpc) is 2.98. The summed E-state index contributed by atoms with van der Waals surface area (Å²) in [4.78, 5) is 14.7. The van der Waals surface area contributed by atoms with E-state index in [-0.39, 0.29) is 18.5 Å². The number of aryl methyl sites for hydroxylation is 1. The first-order valence-electron chi connectivity index (χ1n) is 6.06. The molecule has 18 heavy (non-hydrogen) atoms. The zero-order valence-corrected chi connectivity index (χ0v) is 11.9. The van der Waals surface area contributed by atoms with E-state index < -0.39 is 0 Å². The molecule has 1 aliphatic carbocycles. The molecule has 3 nitrogen and oxygen atoms in total. The van der Waals surface area contributed by atoms with E-state index in [1.54, 1.807) is 4.90 Å². The largest absolute Gasteiger partial charge is 0.322 e. The summed E-state index contributed by atoms with van der Waals surface area (Å²) in [6.07, 6.45) is 4.26. The van der Waals surface area contributed by atoms with E-state index in [0.29, 0.717) is 9.90 Å². The minimum absolute atomic E-state index is 0.0912. The van der Waals surface area contributed by atoms with Crippen LogP contribution in [-0.4, -0.2) is 23.4 Å². The molecule has 0 bridgehead atoms. The van der Waals surface area contributed by atoms with E-state index in [0.717, 1.165) is 31.2 Å². The molecule has 0 unspecified atom stereocenters. The van der Waals surface area contributed by atoms with Gasteiger partial charge in [0, 0.05) is 6.04 Å². The van der Waals surface area contributed by atoms with Crippen LogP contribution in [0.1, 0.15) is 40.9 Å². The molecular formula is C13H15ClN2OS. The van der Waals surface area contributed by atoms with Gasteiger partial charge in [-0.3, -0.25) is 4.79 Å². The summed E-state index contributed by atoms with van der Waals surface area (Å²) in [6, 6.07) is 2.29. The van der Waals surface area contributed by atoms with Crippen molar-refractivity contribution in [3.05, 3.63) is 20.8 Å². The highest BCUT2D eigenvalue weighted by atomic mass is 35.5. The van der Waals surface area contributed by atoms with Crippen molar-refractivity contribution < 1.29 is 4.79 Å². The summed E-state index contributed by atoms with van der Waals surface area (Å²) < 4.78 is 0. The lowest BCUT2D eigenvalue weighted by molar-refractivity contribution is 0.0714. The zero-order valence-electron chi connectivity index (χ0n) is 10.3. The van der Waals surface area contributed by atoms with Crippen LogP contribution in [0.15, 0.2) is 5.38 Å². The Morgan fingerprint density at radius 1 is 1.61 bits per heavy atom. The standard InChI is InChI=1S/C13H15ClN2OS/c1-9-8-18-12(11(9)14)13(17)16(7-6-15)10-4-2-3-5-10/h8,10H,2-5,7H2,1H3. The van der Waals surface area contributed by atoms with E-state index in [9.17, 15) is 4.79 Å². The smallest absolute Gasteiger partial charge is 0.266 e. The van der Waals surface area contributed by atoms with Crippen molar-refractivity contribution in [2.75, 3.05) is 6.54 Å². The number of carbonyl (C=O) groups is 1.